The van der Waals surface area contributed by atoms with Gasteiger partial charge in [-0.2, -0.15) is 0 Å². The van der Waals surface area contributed by atoms with Gasteiger partial charge in [0.25, 0.3) is 0 Å². The van der Waals surface area contributed by atoms with Crippen LogP contribution in [-0.2, 0) is 0 Å². The fourth-order valence-corrected chi connectivity index (χ4v) is 4.37. The minimum absolute atomic E-state index is 0.0148. The monoisotopic (exact) mass is 412 g/mol. The van der Waals surface area contributed by atoms with E-state index in [1.807, 2.05) is 39.8 Å². The summed E-state index contributed by atoms with van der Waals surface area (Å²) in [5.74, 6) is 0. The number of benzene rings is 3. The molecule has 31 heavy (non-hydrogen) atoms. The van der Waals surface area contributed by atoms with Crippen LogP contribution in [0.2, 0.25) is 0 Å². The summed E-state index contributed by atoms with van der Waals surface area (Å²) in [7, 11) is 0. The summed E-state index contributed by atoms with van der Waals surface area (Å²) in [4.78, 5) is 33.1. The zero-order valence-corrected chi connectivity index (χ0v) is 19.0. The molecule has 2 N–H and O–H groups in total. The van der Waals surface area contributed by atoms with Crippen LogP contribution in [0.5, 0.6) is 0 Å². The van der Waals surface area contributed by atoms with Crippen molar-refractivity contribution < 1.29 is 0 Å². The van der Waals surface area contributed by atoms with E-state index in [0.29, 0.717) is 32.6 Å². The highest BCUT2D eigenvalue weighted by Crippen LogP contribution is 2.25. The minimum atomic E-state index is -0.0148. The van der Waals surface area contributed by atoms with Gasteiger partial charge in [-0.25, -0.2) is 0 Å². The normalized spacial score (nSPS) is 11.3. The van der Waals surface area contributed by atoms with Crippen molar-refractivity contribution in [1.29, 1.82) is 0 Å². The molecule has 0 radical (unpaired) electrons. The Balaban J connectivity index is 0.000000730. The second kappa shape index (κ2) is 7.69. The lowest BCUT2D eigenvalue weighted by molar-refractivity contribution is 1.09. The Morgan fingerprint density at radius 3 is 1.29 bits per heavy atom. The topological polar surface area (TPSA) is 65.7 Å². The second-order valence-corrected chi connectivity index (χ2v) is 8.57. The molecule has 3 aromatic carbocycles. The average molecular weight is 413 g/mol. The van der Waals surface area contributed by atoms with E-state index < -0.39 is 0 Å². The van der Waals surface area contributed by atoms with Gasteiger partial charge in [-0.05, 0) is 74.2 Å². The van der Waals surface area contributed by atoms with E-state index >= 15 is 0 Å². The van der Waals surface area contributed by atoms with Crippen molar-refractivity contribution in [3.8, 4) is 0 Å². The maximum absolute atomic E-state index is 13.2. The third-order valence-electron chi connectivity index (χ3n) is 5.62. The fraction of sp³-hybridized carbons (Fsp3) is 0.259. The summed E-state index contributed by atoms with van der Waals surface area (Å²) >= 11 is 0. The maximum atomic E-state index is 13.2. The molecule has 0 spiro atoms. The molecule has 0 aliphatic rings. The molecule has 0 amide bonds. The molecule has 0 fully saturated rings. The number of fused-ring (bicyclic) bond motifs is 4. The van der Waals surface area contributed by atoms with Crippen LogP contribution in [0, 0.1) is 27.7 Å². The number of H-pyrrole nitrogens is 2. The highest BCUT2D eigenvalue weighted by Gasteiger charge is 2.13. The summed E-state index contributed by atoms with van der Waals surface area (Å²) < 4.78 is 0. The van der Waals surface area contributed by atoms with Crippen molar-refractivity contribution in [3.05, 3.63) is 79.1 Å². The van der Waals surface area contributed by atoms with Crippen molar-refractivity contribution in [2.45, 2.75) is 48.0 Å². The molecule has 0 saturated carbocycles. The van der Waals surface area contributed by atoms with E-state index in [2.05, 4.69) is 35.9 Å². The highest BCUT2D eigenvalue weighted by molar-refractivity contribution is 6.03. The quantitative estimate of drug-likeness (QED) is 0.292. The first kappa shape index (κ1) is 20.9. The molecule has 0 bridgehead atoms. The Hall–Kier alpha value is -3.40. The van der Waals surface area contributed by atoms with Crippen molar-refractivity contribution >= 4 is 43.6 Å². The van der Waals surface area contributed by atoms with E-state index in [1.54, 1.807) is 12.1 Å². The molecule has 5 aromatic rings. The van der Waals surface area contributed by atoms with Crippen LogP contribution < -0.4 is 10.9 Å². The van der Waals surface area contributed by atoms with Crippen LogP contribution in [0.4, 0.5) is 0 Å². The number of aromatic nitrogens is 2. The maximum Gasteiger partial charge on any atom is 0.197 e. The second-order valence-electron chi connectivity index (χ2n) is 8.57. The Bertz CT molecular complexity index is 1480. The van der Waals surface area contributed by atoms with Gasteiger partial charge >= 0.3 is 0 Å². The third-order valence-corrected chi connectivity index (χ3v) is 5.62. The molecule has 2 aromatic heterocycles. The van der Waals surface area contributed by atoms with E-state index in [9.17, 15) is 9.59 Å². The SMILES string of the molecule is CCC.Cc1cc(C)c2[nH]c3cc4c(=O)c5cc(C)cc(C)c5[nH]c4cc3c(=O)c2c1. The Morgan fingerprint density at radius 1 is 0.581 bits per heavy atom. The summed E-state index contributed by atoms with van der Waals surface area (Å²) in [5, 5.41) is 2.54. The minimum Gasteiger partial charge on any atom is -0.354 e. The number of hydrogen-bond acceptors (Lipinski definition) is 2. The van der Waals surface area contributed by atoms with Gasteiger partial charge in [-0.1, -0.05) is 32.4 Å². The van der Waals surface area contributed by atoms with E-state index in [1.165, 1.54) is 6.42 Å². The Morgan fingerprint density at radius 2 is 0.935 bits per heavy atom. The summed E-state index contributed by atoms with van der Waals surface area (Å²) in [6.45, 7) is 12.2. The van der Waals surface area contributed by atoms with Crippen LogP contribution in [0.3, 0.4) is 0 Å². The van der Waals surface area contributed by atoms with Crippen LogP contribution in [-0.4, -0.2) is 9.97 Å². The predicted molar refractivity (Wildman–Crippen MR) is 133 cm³/mol. The van der Waals surface area contributed by atoms with Crippen LogP contribution in [0.25, 0.3) is 43.6 Å². The first-order chi connectivity index (χ1) is 14.7. The van der Waals surface area contributed by atoms with Gasteiger partial charge < -0.3 is 9.97 Å². The van der Waals surface area contributed by atoms with Gasteiger partial charge in [0.2, 0.25) is 0 Å². The molecule has 5 rings (SSSR count). The molecule has 158 valence electrons. The third kappa shape index (κ3) is 3.42. The molecular weight excluding hydrogens is 384 g/mol. The number of aromatic amines is 2. The lowest BCUT2D eigenvalue weighted by Gasteiger charge is -2.10. The van der Waals surface area contributed by atoms with Crippen LogP contribution >= 0.6 is 0 Å². The first-order valence-corrected chi connectivity index (χ1v) is 10.8. The smallest absolute Gasteiger partial charge is 0.197 e. The molecule has 0 aliphatic carbocycles. The van der Waals surface area contributed by atoms with Gasteiger partial charge in [0.05, 0.1) is 22.1 Å². The standard InChI is InChI=1S/C24H20N2O2.C3H8/c1-11-5-13(3)21-17(7-11)23(27)15-9-20-16(10-19(15)25-21)24(28)18-8-12(2)6-14(4)22(18)26-20;1-3-2/h5-10H,1-4H3,(H,25,27)(H,26,28);3H2,1-2H3. The molecule has 2 heterocycles. The Labute approximate surface area is 180 Å². The van der Waals surface area contributed by atoms with Crippen molar-refractivity contribution in [2.24, 2.45) is 0 Å². The molecule has 0 aliphatic heterocycles. The molecule has 4 heteroatoms. The number of hydrogen-bond donors (Lipinski definition) is 2. The first-order valence-electron chi connectivity index (χ1n) is 10.8. The number of aryl methyl sites for hydroxylation is 4. The van der Waals surface area contributed by atoms with Gasteiger partial charge in [0.1, 0.15) is 0 Å². The van der Waals surface area contributed by atoms with Crippen molar-refractivity contribution in [2.75, 3.05) is 0 Å². The van der Waals surface area contributed by atoms with Crippen LogP contribution in [0.15, 0.2) is 46.0 Å². The number of nitrogens with one attached hydrogen (secondary N) is 2. The molecule has 0 atom stereocenters. The average Bonchev–Trinajstić information content (AvgIpc) is 2.70. The largest absolute Gasteiger partial charge is 0.354 e. The lowest BCUT2D eigenvalue weighted by atomic mass is 10.0. The number of rotatable bonds is 0. The zero-order valence-electron chi connectivity index (χ0n) is 19.0. The molecule has 4 nitrogen and oxygen atoms in total. The summed E-state index contributed by atoms with van der Waals surface area (Å²) in [6.07, 6.45) is 1.25. The van der Waals surface area contributed by atoms with Gasteiger partial charge in [0.15, 0.2) is 10.9 Å². The van der Waals surface area contributed by atoms with Gasteiger partial charge in [-0.3, -0.25) is 9.59 Å². The van der Waals surface area contributed by atoms with Gasteiger partial charge in [-0.15, -0.1) is 0 Å². The molecule has 0 saturated heterocycles. The van der Waals surface area contributed by atoms with E-state index in [0.717, 1.165) is 33.3 Å². The van der Waals surface area contributed by atoms with Crippen molar-refractivity contribution in [1.82, 2.24) is 9.97 Å². The number of pyridine rings is 2. The molecular formula is C27H28N2O2. The predicted octanol–water partition coefficient (Wildman–Crippen LogP) is 6.33. The van der Waals surface area contributed by atoms with E-state index in [4.69, 9.17) is 0 Å². The molecule has 0 unspecified atom stereocenters. The van der Waals surface area contributed by atoms with Crippen molar-refractivity contribution in [3.63, 3.8) is 0 Å². The van der Waals surface area contributed by atoms with E-state index in [-0.39, 0.29) is 10.9 Å². The highest BCUT2D eigenvalue weighted by atomic mass is 16.1. The lowest BCUT2D eigenvalue weighted by Crippen LogP contribution is -2.09. The van der Waals surface area contributed by atoms with Crippen LogP contribution in [0.1, 0.15) is 42.5 Å². The van der Waals surface area contributed by atoms with Gasteiger partial charge in [0, 0.05) is 21.5 Å². The summed E-state index contributed by atoms with van der Waals surface area (Å²) in [5.41, 5.74) is 7.15. The fourth-order valence-electron chi connectivity index (χ4n) is 4.37. The zero-order chi connectivity index (χ0) is 22.4. The summed E-state index contributed by atoms with van der Waals surface area (Å²) in [6, 6.07) is 11.6. The Kier molecular flexibility index (Phi) is 5.18.